The van der Waals surface area contributed by atoms with Crippen LogP contribution in [0.25, 0.3) is 0 Å². The lowest BCUT2D eigenvalue weighted by atomic mass is 10.1. The fourth-order valence-electron chi connectivity index (χ4n) is 1.75. The van der Waals surface area contributed by atoms with Gasteiger partial charge in [-0.2, -0.15) is 0 Å². The highest BCUT2D eigenvalue weighted by Gasteiger charge is 2.35. The minimum atomic E-state index is -0.214. The van der Waals surface area contributed by atoms with Crippen LogP contribution in [-0.2, 0) is 0 Å². The lowest BCUT2D eigenvalue weighted by Gasteiger charge is -2.28. The van der Waals surface area contributed by atoms with E-state index in [1.165, 1.54) is 11.3 Å². The highest BCUT2D eigenvalue weighted by atomic mass is 16.5. The zero-order valence-electron chi connectivity index (χ0n) is 8.59. The Bertz CT molecular complexity index is 344. The number of nitrogens with zero attached hydrogens (tertiary/aromatic N) is 1. The predicted molar refractivity (Wildman–Crippen MR) is 54.3 cm³/mol. The van der Waals surface area contributed by atoms with Crippen molar-refractivity contribution < 1.29 is 4.74 Å². The van der Waals surface area contributed by atoms with Crippen LogP contribution in [0.5, 0.6) is 5.75 Å². The van der Waals surface area contributed by atoms with E-state index in [1.807, 2.05) is 12.1 Å². The zero-order valence-corrected chi connectivity index (χ0v) is 8.59. The van der Waals surface area contributed by atoms with Crippen LogP contribution in [-0.4, -0.2) is 12.8 Å². The number of hydrogen-bond acceptors (Lipinski definition) is 2. The minimum absolute atomic E-state index is 0.214. The SMILES string of the molecule is Cc1cccc2c1N(C)C(C)(C)O2. The molecule has 0 fully saturated rings. The largest absolute Gasteiger partial charge is 0.466 e. The Kier molecular flexibility index (Phi) is 1.56. The molecule has 2 rings (SSSR count). The number of anilines is 1. The van der Waals surface area contributed by atoms with Gasteiger partial charge in [-0.05, 0) is 32.4 Å². The third-order valence-electron chi connectivity index (χ3n) is 2.70. The first-order chi connectivity index (χ1) is 6.02. The number of rotatable bonds is 0. The molecule has 1 aromatic carbocycles. The van der Waals surface area contributed by atoms with E-state index in [-0.39, 0.29) is 5.72 Å². The van der Waals surface area contributed by atoms with Crippen LogP contribution >= 0.6 is 0 Å². The summed E-state index contributed by atoms with van der Waals surface area (Å²) in [5.74, 6) is 0.993. The summed E-state index contributed by atoms with van der Waals surface area (Å²) in [7, 11) is 2.07. The monoisotopic (exact) mass is 177 g/mol. The smallest absolute Gasteiger partial charge is 0.177 e. The third kappa shape index (κ3) is 1.09. The van der Waals surface area contributed by atoms with Gasteiger partial charge in [-0.25, -0.2) is 0 Å². The van der Waals surface area contributed by atoms with E-state index in [0.29, 0.717) is 0 Å². The summed E-state index contributed by atoms with van der Waals surface area (Å²) in [6.07, 6.45) is 0. The van der Waals surface area contributed by atoms with Crippen LogP contribution in [0.2, 0.25) is 0 Å². The molecule has 0 saturated heterocycles. The van der Waals surface area contributed by atoms with Gasteiger partial charge in [-0.1, -0.05) is 12.1 Å². The Hall–Kier alpha value is -1.18. The van der Waals surface area contributed by atoms with Crippen LogP contribution in [0, 0.1) is 6.92 Å². The molecule has 1 aliphatic heterocycles. The van der Waals surface area contributed by atoms with Gasteiger partial charge in [-0.3, -0.25) is 0 Å². The maximum absolute atomic E-state index is 5.81. The van der Waals surface area contributed by atoms with Crippen molar-refractivity contribution in [1.82, 2.24) is 0 Å². The summed E-state index contributed by atoms with van der Waals surface area (Å²) in [5.41, 5.74) is 2.27. The van der Waals surface area contributed by atoms with E-state index in [2.05, 4.69) is 38.8 Å². The van der Waals surface area contributed by atoms with Gasteiger partial charge in [0.15, 0.2) is 5.72 Å². The predicted octanol–water partition coefficient (Wildman–Crippen LogP) is 2.56. The Morgan fingerprint density at radius 3 is 2.62 bits per heavy atom. The Morgan fingerprint density at radius 1 is 1.31 bits per heavy atom. The minimum Gasteiger partial charge on any atom is -0.466 e. The lowest BCUT2D eigenvalue weighted by molar-refractivity contribution is 0.135. The van der Waals surface area contributed by atoms with E-state index in [0.717, 1.165) is 5.75 Å². The van der Waals surface area contributed by atoms with Gasteiger partial charge >= 0.3 is 0 Å². The van der Waals surface area contributed by atoms with Crippen molar-refractivity contribution in [2.24, 2.45) is 0 Å². The van der Waals surface area contributed by atoms with Gasteiger partial charge < -0.3 is 9.64 Å². The summed E-state index contributed by atoms with van der Waals surface area (Å²) in [5, 5.41) is 0. The molecule has 1 heterocycles. The van der Waals surface area contributed by atoms with Crippen molar-refractivity contribution in [3.05, 3.63) is 23.8 Å². The van der Waals surface area contributed by atoms with Gasteiger partial charge in [-0.15, -0.1) is 0 Å². The molecular weight excluding hydrogens is 162 g/mol. The molecule has 0 atom stereocenters. The van der Waals surface area contributed by atoms with Crippen molar-refractivity contribution in [1.29, 1.82) is 0 Å². The fourth-order valence-corrected chi connectivity index (χ4v) is 1.75. The third-order valence-corrected chi connectivity index (χ3v) is 2.70. The van der Waals surface area contributed by atoms with E-state index in [1.54, 1.807) is 0 Å². The van der Waals surface area contributed by atoms with E-state index < -0.39 is 0 Å². The molecule has 0 saturated carbocycles. The zero-order chi connectivity index (χ0) is 9.64. The molecule has 1 aromatic rings. The van der Waals surface area contributed by atoms with E-state index >= 15 is 0 Å². The number of ether oxygens (including phenoxy) is 1. The van der Waals surface area contributed by atoms with Crippen molar-refractivity contribution in [3.8, 4) is 5.75 Å². The Labute approximate surface area is 79.1 Å². The fraction of sp³-hybridized carbons (Fsp3) is 0.455. The number of hydrogen-bond donors (Lipinski definition) is 0. The van der Waals surface area contributed by atoms with Crippen molar-refractivity contribution in [2.75, 3.05) is 11.9 Å². The van der Waals surface area contributed by atoms with E-state index in [9.17, 15) is 0 Å². The first-order valence-corrected chi connectivity index (χ1v) is 4.55. The molecule has 0 amide bonds. The quantitative estimate of drug-likeness (QED) is 0.604. The maximum atomic E-state index is 5.81. The summed E-state index contributed by atoms with van der Waals surface area (Å²) < 4.78 is 5.81. The number of benzene rings is 1. The first kappa shape index (κ1) is 8.42. The summed E-state index contributed by atoms with van der Waals surface area (Å²) in [6.45, 7) is 6.26. The second-order valence-electron chi connectivity index (χ2n) is 4.03. The molecule has 2 nitrogen and oxygen atoms in total. The molecule has 0 aliphatic carbocycles. The van der Waals surface area contributed by atoms with Gasteiger partial charge in [0.25, 0.3) is 0 Å². The molecule has 0 bridgehead atoms. The van der Waals surface area contributed by atoms with E-state index in [4.69, 9.17) is 4.74 Å². The highest BCUT2D eigenvalue weighted by molar-refractivity contribution is 5.67. The average Bonchev–Trinajstić information content (AvgIpc) is 2.24. The number of fused-ring (bicyclic) bond motifs is 1. The second kappa shape index (κ2) is 2.41. The van der Waals surface area contributed by atoms with Crippen LogP contribution in [0.15, 0.2) is 18.2 Å². The van der Waals surface area contributed by atoms with Gasteiger partial charge in [0.05, 0.1) is 5.69 Å². The van der Waals surface area contributed by atoms with Crippen LogP contribution in [0.3, 0.4) is 0 Å². The lowest BCUT2D eigenvalue weighted by Crippen LogP contribution is -2.41. The topological polar surface area (TPSA) is 12.5 Å². The molecule has 2 heteroatoms. The van der Waals surface area contributed by atoms with Crippen LogP contribution in [0.4, 0.5) is 5.69 Å². The summed E-state index contributed by atoms with van der Waals surface area (Å²) >= 11 is 0. The molecule has 0 spiro atoms. The highest BCUT2D eigenvalue weighted by Crippen LogP contribution is 2.42. The normalized spacial score (nSPS) is 18.3. The molecule has 13 heavy (non-hydrogen) atoms. The Morgan fingerprint density at radius 2 is 2.00 bits per heavy atom. The van der Waals surface area contributed by atoms with Crippen LogP contribution in [0.1, 0.15) is 19.4 Å². The standard InChI is InChI=1S/C11H15NO/c1-8-6-5-7-9-10(8)12(4)11(2,3)13-9/h5-7H,1-4H3. The number of para-hydroxylation sites is 1. The molecule has 1 aliphatic rings. The van der Waals surface area contributed by atoms with Gasteiger partial charge in [0, 0.05) is 7.05 Å². The van der Waals surface area contributed by atoms with Crippen molar-refractivity contribution in [2.45, 2.75) is 26.5 Å². The average molecular weight is 177 g/mol. The summed E-state index contributed by atoms with van der Waals surface area (Å²) in [6, 6.07) is 6.16. The molecule has 0 radical (unpaired) electrons. The molecule has 0 N–H and O–H groups in total. The maximum Gasteiger partial charge on any atom is 0.177 e. The molecule has 0 unspecified atom stereocenters. The van der Waals surface area contributed by atoms with Gasteiger partial charge in [0.2, 0.25) is 0 Å². The summed E-state index contributed by atoms with van der Waals surface area (Å²) in [4.78, 5) is 2.18. The second-order valence-corrected chi connectivity index (χ2v) is 4.03. The molecule has 0 aromatic heterocycles. The van der Waals surface area contributed by atoms with Crippen molar-refractivity contribution in [3.63, 3.8) is 0 Å². The van der Waals surface area contributed by atoms with Crippen molar-refractivity contribution >= 4 is 5.69 Å². The van der Waals surface area contributed by atoms with Gasteiger partial charge in [0.1, 0.15) is 5.75 Å². The number of aryl methyl sites for hydroxylation is 1. The van der Waals surface area contributed by atoms with Crippen LogP contribution < -0.4 is 9.64 Å². The molecular formula is C11H15NO. The first-order valence-electron chi connectivity index (χ1n) is 4.55. The Balaban J connectivity index is 2.57. The molecule has 70 valence electrons.